The van der Waals surface area contributed by atoms with Gasteiger partial charge in [-0.25, -0.2) is 0 Å². The summed E-state index contributed by atoms with van der Waals surface area (Å²) in [5.74, 6) is 0.711. The van der Waals surface area contributed by atoms with Crippen molar-refractivity contribution in [3.8, 4) is 11.3 Å². The number of aryl methyl sites for hydroxylation is 1. The van der Waals surface area contributed by atoms with Crippen molar-refractivity contribution in [2.75, 3.05) is 0 Å². The molecule has 1 N–H and O–H groups in total. The van der Waals surface area contributed by atoms with Crippen molar-refractivity contribution in [1.29, 1.82) is 0 Å². The predicted octanol–water partition coefficient (Wildman–Crippen LogP) is 3.82. The molecule has 6 nitrogen and oxygen atoms in total. The van der Waals surface area contributed by atoms with Gasteiger partial charge in [0, 0.05) is 24.7 Å². The number of hydrogen-bond acceptors (Lipinski definition) is 4. The Balaban J connectivity index is 1.28. The van der Waals surface area contributed by atoms with Gasteiger partial charge in [0.2, 0.25) is 0 Å². The minimum Gasteiger partial charge on any atom is -0.391 e. The lowest BCUT2D eigenvalue weighted by Crippen LogP contribution is -2.40. The van der Waals surface area contributed by atoms with E-state index in [2.05, 4.69) is 46.7 Å². The Morgan fingerprint density at radius 2 is 1.91 bits per heavy atom. The molecule has 1 aliphatic heterocycles. The molecule has 1 amide bonds. The van der Waals surface area contributed by atoms with Gasteiger partial charge in [0.25, 0.3) is 5.91 Å². The molecule has 2 fully saturated rings. The molecule has 3 aliphatic rings. The number of fused-ring (bicyclic) bond motifs is 1. The average molecular weight is 429 g/mol. The van der Waals surface area contributed by atoms with Crippen molar-refractivity contribution >= 4 is 5.91 Å². The summed E-state index contributed by atoms with van der Waals surface area (Å²) in [6.07, 6.45) is 7.51. The van der Waals surface area contributed by atoms with Crippen LogP contribution < -0.4 is 0 Å². The summed E-state index contributed by atoms with van der Waals surface area (Å²) in [4.78, 5) is 15.1. The molecule has 0 radical (unpaired) electrons. The zero-order valence-corrected chi connectivity index (χ0v) is 18.4. The van der Waals surface area contributed by atoms with Gasteiger partial charge in [-0.2, -0.15) is 0 Å². The van der Waals surface area contributed by atoms with Gasteiger partial charge < -0.3 is 10.0 Å². The Labute approximate surface area is 187 Å². The average Bonchev–Trinajstić information content (AvgIpc) is 3.28. The maximum absolute atomic E-state index is 13.2. The lowest BCUT2D eigenvalue weighted by atomic mass is 9.92. The maximum Gasteiger partial charge on any atom is 0.254 e. The van der Waals surface area contributed by atoms with Crippen LogP contribution in [0, 0.1) is 0 Å². The van der Waals surface area contributed by atoms with Crippen molar-refractivity contribution in [2.24, 2.45) is 7.05 Å². The molecule has 0 spiro atoms. The van der Waals surface area contributed by atoms with Crippen molar-refractivity contribution in [2.45, 2.75) is 63.1 Å². The number of carbonyl (C=O) groups is 1. The number of aliphatic hydroxyl groups is 1. The first-order valence-electron chi connectivity index (χ1n) is 11.7. The smallest absolute Gasteiger partial charge is 0.254 e. The van der Waals surface area contributed by atoms with E-state index in [0.717, 1.165) is 48.1 Å². The van der Waals surface area contributed by atoms with E-state index in [-0.39, 0.29) is 18.1 Å². The monoisotopic (exact) mass is 428 g/mol. The van der Waals surface area contributed by atoms with E-state index in [4.69, 9.17) is 0 Å². The number of rotatable bonds is 5. The van der Waals surface area contributed by atoms with Crippen molar-refractivity contribution < 1.29 is 9.90 Å². The SMILES string of the molecule is Cn1cc(-c2ccc(Cc3cc4c(cc3C3CC3)CN([C@H]3CCC[C@@H]3O)C4=O)cc2)nn1. The number of aliphatic hydroxyl groups excluding tert-OH is 1. The number of nitrogens with zero attached hydrogens (tertiary/aromatic N) is 4. The van der Waals surface area contributed by atoms with Crippen LogP contribution in [-0.4, -0.2) is 43.1 Å². The summed E-state index contributed by atoms with van der Waals surface area (Å²) in [6, 6.07) is 12.9. The highest BCUT2D eigenvalue weighted by Crippen LogP contribution is 2.44. The summed E-state index contributed by atoms with van der Waals surface area (Å²) >= 11 is 0. The quantitative estimate of drug-likeness (QED) is 0.671. The summed E-state index contributed by atoms with van der Waals surface area (Å²) in [5, 5.41) is 18.6. The molecule has 0 saturated heterocycles. The second-order valence-electron chi connectivity index (χ2n) is 9.63. The summed E-state index contributed by atoms with van der Waals surface area (Å²) < 4.78 is 1.71. The Kier molecular flexibility index (Phi) is 4.65. The lowest BCUT2D eigenvalue weighted by molar-refractivity contribution is 0.0479. The third-order valence-electron chi connectivity index (χ3n) is 7.31. The molecule has 0 bridgehead atoms. The molecule has 32 heavy (non-hydrogen) atoms. The van der Waals surface area contributed by atoms with Crippen molar-refractivity contribution in [3.63, 3.8) is 0 Å². The largest absolute Gasteiger partial charge is 0.391 e. The fraction of sp³-hybridized carbons (Fsp3) is 0.423. The van der Waals surface area contributed by atoms with Gasteiger partial charge in [-0.05, 0) is 72.8 Å². The van der Waals surface area contributed by atoms with Crippen LogP contribution in [0.15, 0.2) is 42.6 Å². The minimum atomic E-state index is -0.386. The highest BCUT2D eigenvalue weighted by atomic mass is 16.3. The summed E-state index contributed by atoms with van der Waals surface area (Å²) in [7, 11) is 1.87. The number of amides is 1. The maximum atomic E-state index is 13.2. The van der Waals surface area contributed by atoms with E-state index < -0.39 is 0 Å². The van der Waals surface area contributed by atoms with Crippen LogP contribution >= 0.6 is 0 Å². The summed E-state index contributed by atoms with van der Waals surface area (Å²) in [6.45, 7) is 0.642. The highest BCUT2D eigenvalue weighted by molar-refractivity contribution is 5.99. The molecule has 0 unspecified atom stereocenters. The van der Waals surface area contributed by atoms with Gasteiger partial charge >= 0.3 is 0 Å². The first kappa shape index (κ1) is 19.7. The number of aromatic nitrogens is 3. The van der Waals surface area contributed by atoms with E-state index in [1.807, 2.05) is 18.1 Å². The fourth-order valence-electron chi connectivity index (χ4n) is 5.42. The van der Waals surface area contributed by atoms with Gasteiger partial charge in [0.15, 0.2) is 0 Å². The number of hydrogen-bond donors (Lipinski definition) is 1. The molecule has 6 heteroatoms. The van der Waals surface area contributed by atoms with Crippen LogP contribution in [0.3, 0.4) is 0 Å². The molecule has 6 rings (SSSR count). The van der Waals surface area contributed by atoms with E-state index >= 15 is 0 Å². The van der Waals surface area contributed by atoms with Crippen molar-refractivity contribution in [1.82, 2.24) is 19.9 Å². The van der Waals surface area contributed by atoms with Crippen LogP contribution in [0.5, 0.6) is 0 Å². The Morgan fingerprint density at radius 3 is 2.56 bits per heavy atom. The van der Waals surface area contributed by atoms with Gasteiger partial charge in [-0.15, -0.1) is 5.10 Å². The predicted molar refractivity (Wildman–Crippen MR) is 121 cm³/mol. The standard InChI is InChI=1S/C26H28N4O2/c1-29-15-23(27-28-29)18-7-5-16(6-8-18)11-19-12-22-20(13-21(19)17-9-10-17)14-30(26(22)32)24-3-2-4-25(24)31/h5-8,12-13,15,17,24-25,31H,2-4,9-11,14H2,1H3/t24-,25-/m0/s1. The first-order chi connectivity index (χ1) is 15.6. The van der Waals surface area contributed by atoms with Gasteiger partial charge in [0.05, 0.1) is 18.3 Å². The molecule has 3 aromatic rings. The Bertz CT molecular complexity index is 1180. The van der Waals surface area contributed by atoms with Gasteiger partial charge in [-0.3, -0.25) is 9.48 Å². The highest BCUT2D eigenvalue weighted by Gasteiger charge is 2.39. The second-order valence-corrected chi connectivity index (χ2v) is 9.63. The van der Waals surface area contributed by atoms with E-state index in [9.17, 15) is 9.90 Å². The van der Waals surface area contributed by atoms with Crippen molar-refractivity contribution in [3.05, 3.63) is 70.4 Å². The van der Waals surface area contributed by atoms with E-state index in [0.29, 0.717) is 12.5 Å². The molecule has 2 aliphatic carbocycles. The number of carbonyl (C=O) groups excluding carboxylic acids is 1. The van der Waals surface area contributed by atoms with Gasteiger partial charge in [0.1, 0.15) is 5.69 Å². The van der Waals surface area contributed by atoms with Gasteiger partial charge in [-0.1, -0.05) is 35.5 Å². The molecule has 2 saturated carbocycles. The van der Waals surface area contributed by atoms with Crippen LogP contribution in [0.2, 0.25) is 0 Å². The normalized spacial score (nSPS) is 22.6. The molecule has 2 aromatic carbocycles. The third kappa shape index (κ3) is 3.43. The Morgan fingerprint density at radius 1 is 1.09 bits per heavy atom. The zero-order valence-electron chi connectivity index (χ0n) is 18.4. The van der Waals surface area contributed by atoms with Crippen LogP contribution in [0.25, 0.3) is 11.3 Å². The van der Waals surface area contributed by atoms with E-state index in [1.165, 1.54) is 29.5 Å². The van der Waals surface area contributed by atoms with E-state index in [1.54, 1.807) is 4.68 Å². The van der Waals surface area contributed by atoms with Crippen LogP contribution in [-0.2, 0) is 20.0 Å². The zero-order chi connectivity index (χ0) is 21.8. The Hall–Kier alpha value is -2.99. The topological polar surface area (TPSA) is 71.2 Å². The third-order valence-corrected chi connectivity index (χ3v) is 7.31. The molecule has 2 atom stereocenters. The summed E-state index contributed by atoms with van der Waals surface area (Å²) in [5.41, 5.74) is 7.80. The molecular formula is C26H28N4O2. The van der Waals surface area contributed by atoms with Crippen LogP contribution in [0.4, 0.5) is 0 Å². The minimum absolute atomic E-state index is 0.0312. The fourth-order valence-corrected chi connectivity index (χ4v) is 5.42. The molecule has 1 aromatic heterocycles. The first-order valence-corrected chi connectivity index (χ1v) is 11.7. The second kappa shape index (κ2) is 7.55. The molecule has 2 heterocycles. The lowest BCUT2D eigenvalue weighted by Gasteiger charge is -2.26. The molecule has 164 valence electrons. The number of benzene rings is 2. The van der Waals surface area contributed by atoms with Crippen LogP contribution in [0.1, 0.15) is 70.6 Å². The molecular weight excluding hydrogens is 400 g/mol.